The summed E-state index contributed by atoms with van der Waals surface area (Å²) in [4.78, 5) is 0. The van der Waals surface area contributed by atoms with Crippen molar-refractivity contribution in [3.63, 3.8) is 0 Å². The number of fused-ring (bicyclic) bond motifs is 3. The van der Waals surface area contributed by atoms with Crippen molar-refractivity contribution in [3.8, 4) is 22.3 Å². The van der Waals surface area contributed by atoms with Crippen LogP contribution in [0, 0.1) is 0 Å². The normalized spacial score (nSPS) is 13.2. The van der Waals surface area contributed by atoms with Crippen molar-refractivity contribution >= 4 is 11.4 Å². The molecule has 0 bridgehead atoms. The molecule has 0 amide bonds. The van der Waals surface area contributed by atoms with Gasteiger partial charge in [0.05, 0.1) is 11.6 Å². The van der Waals surface area contributed by atoms with Crippen molar-refractivity contribution in [3.05, 3.63) is 251 Å². The van der Waals surface area contributed by atoms with Crippen LogP contribution in [0.25, 0.3) is 22.3 Å². The first kappa shape index (κ1) is 35.2. The molecule has 0 saturated carbocycles. The van der Waals surface area contributed by atoms with Gasteiger partial charge in [-0.25, -0.2) is 10.4 Å². The zero-order chi connectivity index (χ0) is 37.7. The fourth-order valence-electron chi connectivity index (χ4n) is 8.40. The van der Waals surface area contributed by atoms with Crippen LogP contribution in [0.15, 0.2) is 212 Å². The lowest BCUT2D eigenvalue weighted by Gasteiger charge is -2.34. The molecule has 4 heteroatoms. The van der Waals surface area contributed by atoms with Gasteiger partial charge >= 0.3 is 0 Å². The maximum Gasteiger partial charge on any atom is 0.0940 e. The predicted octanol–water partition coefficient (Wildman–Crippen LogP) is 11.6. The number of hydrogen-bond donors (Lipinski definition) is 3. The van der Waals surface area contributed by atoms with Gasteiger partial charge in [-0.15, -0.1) is 0 Å². The Morgan fingerprint density at radius 1 is 0.464 bits per heavy atom. The van der Waals surface area contributed by atoms with Crippen molar-refractivity contribution in [2.45, 2.75) is 24.7 Å². The standard InChI is InChI=1S/C52H44N4/c53-51(41-22-10-3-11-23-41)55-56(36-38-18-6-1-7-19-38)37-39-30-32-44(33-31-39)54-50-35-49-47(34-46(50)40-20-8-2-9-21-40)45-28-16-17-29-48(45)52(49,42-24-12-4-13-25-42)43-26-14-5-15-27-43/h1-35,51,54-55H,36-37,53H2. The molecule has 4 nitrogen and oxygen atoms in total. The molecule has 0 radical (unpaired) electrons. The highest BCUT2D eigenvalue weighted by molar-refractivity contribution is 5.94. The van der Waals surface area contributed by atoms with Crippen LogP contribution in [-0.2, 0) is 18.5 Å². The molecule has 0 aliphatic heterocycles. The first-order valence-electron chi connectivity index (χ1n) is 19.3. The molecule has 272 valence electrons. The van der Waals surface area contributed by atoms with Crippen LogP contribution >= 0.6 is 0 Å². The second-order valence-corrected chi connectivity index (χ2v) is 14.5. The minimum absolute atomic E-state index is 0.331. The van der Waals surface area contributed by atoms with Gasteiger partial charge in [0.15, 0.2) is 0 Å². The van der Waals surface area contributed by atoms with Gasteiger partial charge in [-0.1, -0.05) is 188 Å². The maximum absolute atomic E-state index is 6.67. The Hall–Kier alpha value is -6.56. The molecule has 56 heavy (non-hydrogen) atoms. The van der Waals surface area contributed by atoms with Crippen LogP contribution in [0.2, 0.25) is 0 Å². The molecule has 1 aliphatic rings. The average Bonchev–Trinajstić information content (AvgIpc) is 3.55. The van der Waals surface area contributed by atoms with Crippen molar-refractivity contribution in [1.82, 2.24) is 10.4 Å². The zero-order valence-electron chi connectivity index (χ0n) is 31.2. The zero-order valence-corrected chi connectivity index (χ0v) is 31.2. The Bertz CT molecular complexity index is 2480. The summed E-state index contributed by atoms with van der Waals surface area (Å²) in [5, 5.41) is 6.10. The lowest BCUT2D eigenvalue weighted by Crippen LogP contribution is -2.43. The molecule has 0 spiro atoms. The van der Waals surface area contributed by atoms with Crippen LogP contribution in [0.1, 0.15) is 45.1 Å². The summed E-state index contributed by atoms with van der Waals surface area (Å²) in [6.45, 7) is 1.39. The summed E-state index contributed by atoms with van der Waals surface area (Å²) < 4.78 is 0. The van der Waals surface area contributed by atoms with E-state index >= 15 is 0 Å². The number of nitrogens with zero attached hydrogens (tertiary/aromatic N) is 1. The van der Waals surface area contributed by atoms with Gasteiger partial charge in [-0.05, 0) is 79.9 Å². The Morgan fingerprint density at radius 2 is 0.982 bits per heavy atom. The lowest BCUT2D eigenvalue weighted by atomic mass is 9.67. The highest BCUT2D eigenvalue weighted by Gasteiger charge is 2.46. The van der Waals surface area contributed by atoms with E-state index in [0.717, 1.165) is 22.5 Å². The van der Waals surface area contributed by atoms with Gasteiger partial charge in [0.2, 0.25) is 0 Å². The molecule has 4 N–H and O–H groups in total. The van der Waals surface area contributed by atoms with Crippen molar-refractivity contribution in [2.24, 2.45) is 5.73 Å². The van der Waals surface area contributed by atoms with Gasteiger partial charge in [-0.2, -0.15) is 0 Å². The Balaban J connectivity index is 1.10. The van der Waals surface area contributed by atoms with Crippen LogP contribution in [0.5, 0.6) is 0 Å². The molecule has 0 fully saturated rings. The summed E-state index contributed by atoms with van der Waals surface area (Å²) in [6.07, 6.45) is -0.331. The monoisotopic (exact) mass is 724 g/mol. The molecule has 0 heterocycles. The first-order chi connectivity index (χ1) is 27.7. The van der Waals surface area contributed by atoms with Crippen LogP contribution < -0.4 is 16.5 Å². The maximum atomic E-state index is 6.67. The summed E-state index contributed by atoms with van der Waals surface area (Å²) in [5.41, 5.74) is 25.2. The summed E-state index contributed by atoms with van der Waals surface area (Å²) in [5.74, 6) is 0. The molecule has 9 rings (SSSR count). The highest BCUT2D eigenvalue weighted by Crippen LogP contribution is 2.57. The van der Waals surface area contributed by atoms with Gasteiger partial charge in [0.1, 0.15) is 0 Å². The van der Waals surface area contributed by atoms with E-state index in [9.17, 15) is 0 Å². The third kappa shape index (κ3) is 6.82. The predicted molar refractivity (Wildman–Crippen MR) is 231 cm³/mol. The first-order valence-corrected chi connectivity index (χ1v) is 19.3. The average molecular weight is 725 g/mol. The number of nitrogens with one attached hydrogen (secondary N) is 2. The molecule has 1 unspecified atom stereocenters. The van der Waals surface area contributed by atoms with Gasteiger partial charge in [-0.3, -0.25) is 0 Å². The number of benzene rings is 8. The van der Waals surface area contributed by atoms with Crippen molar-refractivity contribution in [2.75, 3.05) is 5.32 Å². The minimum atomic E-state index is -0.486. The van der Waals surface area contributed by atoms with Gasteiger partial charge < -0.3 is 11.1 Å². The largest absolute Gasteiger partial charge is 0.355 e. The quantitative estimate of drug-likeness (QED) is 0.0867. The number of nitrogens with two attached hydrogens (primary N) is 1. The minimum Gasteiger partial charge on any atom is -0.355 e. The second kappa shape index (κ2) is 15.7. The molecule has 8 aromatic rings. The topological polar surface area (TPSA) is 53.3 Å². The number of hydrazine groups is 1. The van der Waals surface area contributed by atoms with E-state index in [1.807, 2.05) is 18.2 Å². The number of anilines is 2. The molecule has 0 aromatic heterocycles. The lowest BCUT2D eigenvalue weighted by molar-refractivity contribution is 0.140. The van der Waals surface area contributed by atoms with Crippen molar-refractivity contribution < 1.29 is 0 Å². The number of rotatable bonds is 12. The van der Waals surface area contributed by atoms with E-state index in [2.05, 4.69) is 210 Å². The molecule has 1 atom stereocenters. The summed E-state index contributed by atoms with van der Waals surface area (Å²) in [6, 6.07) is 75.9. The smallest absolute Gasteiger partial charge is 0.0940 e. The number of hydrogen-bond acceptors (Lipinski definition) is 4. The molecule has 0 saturated heterocycles. The fraction of sp³-hybridized carbons (Fsp3) is 0.0769. The van der Waals surface area contributed by atoms with E-state index in [1.165, 1.54) is 50.1 Å². The molecular formula is C52H44N4. The van der Waals surface area contributed by atoms with Crippen molar-refractivity contribution in [1.29, 1.82) is 0 Å². The Labute approximate surface area is 329 Å². The fourth-order valence-corrected chi connectivity index (χ4v) is 8.40. The Kier molecular flexibility index (Phi) is 9.83. The summed E-state index contributed by atoms with van der Waals surface area (Å²) >= 11 is 0. The van der Waals surface area contributed by atoms with Gasteiger partial charge in [0, 0.05) is 30.0 Å². The van der Waals surface area contributed by atoms with E-state index in [1.54, 1.807) is 0 Å². The molecular weight excluding hydrogens is 681 g/mol. The molecule has 1 aliphatic carbocycles. The van der Waals surface area contributed by atoms with E-state index in [-0.39, 0.29) is 6.17 Å². The third-order valence-corrected chi connectivity index (χ3v) is 11.0. The van der Waals surface area contributed by atoms with Crippen LogP contribution in [0.4, 0.5) is 11.4 Å². The van der Waals surface area contributed by atoms with Crippen LogP contribution in [-0.4, -0.2) is 5.01 Å². The third-order valence-electron chi connectivity index (χ3n) is 11.0. The molecule has 8 aromatic carbocycles. The van der Waals surface area contributed by atoms with Gasteiger partial charge in [0.25, 0.3) is 0 Å². The van der Waals surface area contributed by atoms with Crippen LogP contribution in [0.3, 0.4) is 0 Å². The van der Waals surface area contributed by atoms with E-state index < -0.39 is 5.41 Å². The van der Waals surface area contributed by atoms with E-state index in [4.69, 9.17) is 5.73 Å². The second-order valence-electron chi connectivity index (χ2n) is 14.5. The van der Waals surface area contributed by atoms with E-state index in [0.29, 0.717) is 13.1 Å². The Morgan fingerprint density at radius 3 is 1.61 bits per heavy atom. The SMILES string of the molecule is NC(NN(Cc1ccccc1)Cc1ccc(Nc2cc3c(cc2-c2ccccc2)-c2ccccc2C3(c2ccccc2)c2ccccc2)cc1)c1ccccc1. The summed E-state index contributed by atoms with van der Waals surface area (Å²) in [7, 11) is 0. The highest BCUT2D eigenvalue weighted by atomic mass is 15.5.